The zero-order chi connectivity index (χ0) is 22.5. The van der Waals surface area contributed by atoms with Gasteiger partial charge in [0.15, 0.2) is 6.61 Å². The van der Waals surface area contributed by atoms with Crippen molar-refractivity contribution in [1.29, 1.82) is 0 Å². The van der Waals surface area contributed by atoms with Crippen molar-refractivity contribution in [1.82, 2.24) is 10.2 Å². The fourth-order valence-corrected chi connectivity index (χ4v) is 3.37. The Balaban J connectivity index is 2.18. The molecule has 0 saturated heterocycles. The number of rotatable bonds is 7. The van der Waals surface area contributed by atoms with Gasteiger partial charge in [0.25, 0.3) is 5.91 Å². The standard InChI is InChI=1S/C24H31BrN2O3/c1-16-10-11-21(12-17(16)2)30-15-22(28)27(14-19-8-7-9-20(25)13-19)18(3)23(29)26-24(4,5)6/h7-13,18H,14-15H2,1-6H3,(H,26,29)/t18-/m0/s1. The molecule has 0 aromatic heterocycles. The van der Waals surface area contributed by atoms with Gasteiger partial charge in [-0.1, -0.05) is 34.1 Å². The third-order valence-electron chi connectivity index (χ3n) is 4.75. The van der Waals surface area contributed by atoms with Crippen LogP contribution in [-0.4, -0.2) is 34.9 Å². The number of amides is 2. The van der Waals surface area contributed by atoms with Crippen molar-refractivity contribution in [3.8, 4) is 5.75 Å². The topological polar surface area (TPSA) is 58.6 Å². The van der Waals surface area contributed by atoms with Crippen molar-refractivity contribution in [2.24, 2.45) is 0 Å². The van der Waals surface area contributed by atoms with Gasteiger partial charge in [-0.15, -0.1) is 0 Å². The first-order chi connectivity index (χ1) is 14.0. The summed E-state index contributed by atoms with van der Waals surface area (Å²) in [5, 5.41) is 2.96. The maximum Gasteiger partial charge on any atom is 0.261 e. The third-order valence-corrected chi connectivity index (χ3v) is 5.24. The van der Waals surface area contributed by atoms with Crippen LogP contribution in [0.3, 0.4) is 0 Å². The van der Waals surface area contributed by atoms with E-state index in [0.29, 0.717) is 12.3 Å². The van der Waals surface area contributed by atoms with E-state index in [0.717, 1.165) is 21.2 Å². The van der Waals surface area contributed by atoms with Crippen LogP contribution in [0, 0.1) is 13.8 Å². The second kappa shape index (κ2) is 10.1. The molecular weight excluding hydrogens is 444 g/mol. The number of ether oxygens (including phenoxy) is 1. The minimum Gasteiger partial charge on any atom is -0.484 e. The van der Waals surface area contributed by atoms with Crippen LogP contribution in [0.15, 0.2) is 46.9 Å². The third kappa shape index (κ3) is 7.17. The van der Waals surface area contributed by atoms with Crippen molar-refractivity contribution >= 4 is 27.7 Å². The lowest BCUT2D eigenvalue weighted by molar-refractivity contribution is -0.142. The van der Waals surface area contributed by atoms with Gasteiger partial charge in [-0.25, -0.2) is 0 Å². The summed E-state index contributed by atoms with van der Waals surface area (Å²) in [6.07, 6.45) is 0. The van der Waals surface area contributed by atoms with Crippen LogP contribution in [0.5, 0.6) is 5.75 Å². The first-order valence-electron chi connectivity index (χ1n) is 10.0. The van der Waals surface area contributed by atoms with Crippen molar-refractivity contribution in [2.75, 3.05) is 6.61 Å². The number of nitrogens with one attached hydrogen (secondary N) is 1. The number of halogens is 1. The predicted octanol–water partition coefficient (Wildman–Crippen LogP) is 4.78. The Morgan fingerprint density at radius 2 is 1.80 bits per heavy atom. The molecule has 0 aliphatic heterocycles. The summed E-state index contributed by atoms with van der Waals surface area (Å²) in [5.74, 6) is 0.197. The number of carbonyl (C=O) groups is 2. The molecule has 0 bridgehead atoms. The summed E-state index contributed by atoms with van der Waals surface area (Å²) in [6.45, 7) is 11.7. The van der Waals surface area contributed by atoms with Crippen LogP contribution in [0.25, 0.3) is 0 Å². The highest BCUT2D eigenvalue weighted by Gasteiger charge is 2.28. The van der Waals surface area contributed by atoms with E-state index < -0.39 is 6.04 Å². The molecule has 5 nitrogen and oxygen atoms in total. The number of hydrogen-bond acceptors (Lipinski definition) is 3. The summed E-state index contributed by atoms with van der Waals surface area (Å²) >= 11 is 3.46. The minimum absolute atomic E-state index is 0.135. The van der Waals surface area contributed by atoms with E-state index in [2.05, 4.69) is 21.2 Å². The summed E-state index contributed by atoms with van der Waals surface area (Å²) in [5.41, 5.74) is 2.81. The smallest absolute Gasteiger partial charge is 0.261 e. The zero-order valence-corrected chi connectivity index (χ0v) is 20.2. The van der Waals surface area contributed by atoms with Crippen LogP contribution in [-0.2, 0) is 16.1 Å². The molecule has 0 heterocycles. The molecule has 1 atom stereocenters. The molecular formula is C24H31BrN2O3. The van der Waals surface area contributed by atoms with Crippen LogP contribution in [0.1, 0.15) is 44.4 Å². The second-order valence-electron chi connectivity index (χ2n) is 8.60. The highest BCUT2D eigenvalue weighted by atomic mass is 79.9. The van der Waals surface area contributed by atoms with Gasteiger partial charge in [0, 0.05) is 16.6 Å². The van der Waals surface area contributed by atoms with Gasteiger partial charge in [-0.2, -0.15) is 0 Å². The van der Waals surface area contributed by atoms with Gasteiger partial charge < -0.3 is 15.0 Å². The number of hydrogen-bond donors (Lipinski definition) is 1. The monoisotopic (exact) mass is 474 g/mol. The van der Waals surface area contributed by atoms with Gasteiger partial charge in [0.1, 0.15) is 11.8 Å². The van der Waals surface area contributed by atoms with Crippen LogP contribution >= 0.6 is 15.9 Å². The first kappa shape index (κ1) is 23.9. The summed E-state index contributed by atoms with van der Waals surface area (Å²) in [6, 6.07) is 12.8. The molecule has 0 unspecified atom stereocenters. The highest BCUT2D eigenvalue weighted by Crippen LogP contribution is 2.18. The predicted molar refractivity (Wildman–Crippen MR) is 123 cm³/mol. The van der Waals surface area contributed by atoms with Crippen LogP contribution in [0.4, 0.5) is 0 Å². The quantitative estimate of drug-likeness (QED) is 0.628. The SMILES string of the molecule is Cc1ccc(OCC(=O)N(Cc2cccc(Br)c2)[C@@H](C)C(=O)NC(C)(C)C)cc1C. The molecule has 2 aromatic rings. The molecule has 0 aliphatic carbocycles. The van der Waals surface area contributed by atoms with Gasteiger partial charge in [0.2, 0.25) is 5.91 Å². The Hall–Kier alpha value is -2.34. The average Bonchev–Trinajstić information content (AvgIpc) is 2.65. The maximum atomic E-state index is 13.1. The number of aryl methyl sites for hydroxylation is 2. The number of benzene rings is 2. The van der Waals surface area contributed by atoms with Crippen molar-refractivity contribution in [2.45, 2.75) is 59.7 Å². The van der Waals surface area contributed by atoms with Gasteiger partial charge in [-0.3, -0.25) is 9.59 Å². The molecule has 2 rings (SSSR count). The molecule has 0 fully saturated rings. The molecule has 6 heteroatoms. The van der Waals surface area contributed by atoms with E-state index in [9.17, 15) is 9.59 Å². The first-order valence-corrected chi connectivity index (χ1v) is 10.8. The molecule has 0 aliphatic rings. The Labute approximate surface area is 187 Å². The van der Waals surface area contributed by atoms with Crippen LogP contribution in [0.2, 0.25) is 0 Å². The Bertz CT molecular complexity index is 906. The largest absolute Gasteiger partial charge is 0.484 e. The summed E-state index contributed by atoms with van der Waals surface area (Å²) < 4.78 is 6.67. The van der Waals surface area contributed by atoms with E-state index in [4.69, 9.17) is 4.74 Å². The lowest BCUT2D eigenvalue weighted by atomic mass is 10.1. The van der Waals surface area contributed by atoms with E-state index in [1.54, 1.807) is 11.8 Å². The van der Waals surface area contributed by atoms with Gasteiger partial charge in [0.05, 0.1) is 0 Å². The fraction of sp³-hybridized carbons (Fsp3) is 0.417. The molecule has 0 spiro atoms. The Morgan fingerprint density at radius 1 is 1.10 bits per heavy atom. The lowest BCUT2D eigenvalue weighted by Gasteiger charge is -2.31. The zero-order valence-electron chi connectivity index (χ0n) is 18.6. The van der Waals surface area contributed by atoms with E-state index in [-0.39, 0.29) is 24.0 Å². The van der Waals surface area contributed by atoms with E-state index in [1.165, 1.54) is 0 Å². The Kier molecular flexibility index (Phi) is 8.07. The molecule has 2 amide bonds. The molecule has 0 radical (unpaired) electrons. The summed E-state index contributed by atoms with van der Waals surface area (Å²) in [4.78, 5) is 27.4. The van der Waals surface area contributed by atoms with Gasteiger partial charge in [-0.05, 0) is 82.5 Å². The molecule has 162 valence electrons. The second-order valence-corrected chi connectivity index (χ2v) is 9.52. The molecule has 1 N–H and O–H groups in total. The van der Waals surface area contributed by atoms with Gasteiger partial charge >= 0.3 is 0 Å². The maximum absolute atomic E-state index is 13.1. The van der Waals surface area contributed by atoms with E-state index >= 15 is 0 Å². The average molecular weight is 475 g/mol. The van der Waals surface area contributed by atoms with Crippen molar-refractivity contribution < 1.29 is 14.3 Å². The number of carbonyl (C=O) groups excluding carboxylic acids is 2. The Morgan fingerprint density at radius 3 is 2.40 bits per heavy atom. The fourth-order valence-electron chi connectivity index (χ4n) is 2.92. The normalized spacial score (nSPS) is 12.2. The molecule has 0 saturated carbocycles. The van der Waals surface area contributed by atoms with Crippen LogP contribution < -0.4 is 10.1 Å². The minimum atomic E-state index is -0.640. The molecule has 30 heavy (non-hydrogen) atoms. The lowest BCUT2D eigenvalue weighted by Crippen LogP contribution is -2.53. The molecule has 2 aromatic carbocycles. The van der Waals surface area contributed by atoms with Crippen molar-refractivity contribution in [3.05, 3.63) is 63.6 Å². The van der Waals surface area contributed by atoms with E-state index in [1.807, 2.05) is 77.1 Å². The summed E-state index contributed by atoms with van der Waals surface area (Å²) in [7, 11) is 0. The highest BCUT2D eigenvalue weighted by molar-refractivity contribution is 9.10. The van der Waals surface area contributed by atoms with Crippen molar-refractivity contribution in [3.63, 3.8) is 0 Å². The number of nitrogens with zero attached hydrogens (tertiary/aromatic N) is 1.